The minimum Gasteiger partial charge on any atom is -0.245 e. The Balaban J connectivity index is 2.28. The van der Waals surface area contributed by atoms with Crippen LogP contribution in [0.4, 0.5) is 0 Å². The van der Waals surface area contributed by atoms with Crippen LogP contribution in [0.1, 0.15) is 22.9 Å². The zero-order valence-corrected chi connectivity index (χ0v) is 9.10. The SMILES string of the molecule is Cc1cccc(C#Cc2nncc(C)n2)n1. The lowest BCUT2D eigenvalue weighted by Gasteiger charge is -1.92. The summed E-state index contributed by atoms with van der Waals surface area (Å²) in [5.41, 5.74) is 2.46. The third kappa shape index (κ3) is 2.61. The quantitative estimate of drug-likeness (QED) is 0.615. The average Bonchev–Trinajstić information content (AvgIpc) is 2.27. The molecular weight excluding hydrogens is 200 g/mol. The normalized spacial score (nSPS) is 9.38. The van der Waals surface area contributed by atoms with Gasteiger partial charge in [-0.3, -0.25) is 0 Å². The van der Waals surface area contributed by atoms with Gasteiger partial charge in [0.25, 0.3) is 0 Å². The van der Waals surface area contributed by atoms with Crippen molar-refractivity contribution in [3.8, 4) is 11.8 Å². The Bertz CT molecular complexity index is 517. The lowest BCUT2D eigenvalue weighted by Crippen LogP contribution is -1.94. The zero-order valence-electron chi connectivity index (χ0n) is 9.10. The Morgan fingerprint density at radius 1 is 1.00 bits per heavy atom. The van der Waals surface area contributed by atoms with Gasteiger partial charge in [0.15, 0.2) is 0 Å². The van der Waals surface area contributed by atoms with Crippen LogP contribution >= 0.6 is 0 Å². The van der Waals surface area contributed by atoms with Crippen LogP contribution < -0.4 is 0 Å². The smallest absolute Gasteiger partial charge is 0.226 e. The lowest BCUT2D eigenvalue weighted by atomic mass is 10.3. The number of pyridine rings is 1. The van der Waals surface area contributed by atoms with Gasteiger partial charge in [-0.15, -0.1) is 5.10 Å². The van der Waals surface area contributed by atoms with Crippen LogP contribution in [0, 0.1) is 25.7 Å². The highest BCUT2D eigenvalue weighted by atomic mass is 15.1. The molecule has 0 aromatic carbocycles. The first kappa shape index (κ1) is 10.2. The largest absolute Gasteiger partial charge is 0.245 e. The van der Waals surface area contributed by atoms with Gasteiger partial charge in [0.2, 0.25) is 5.82 Å². The summed E-state index contributed by atoms with van der Waals surface area (Å²) < 4.78 is 0. The van der Waals surface area contributed by atoms with Crippen molar-refractivity contribution in [1.82, 2.24) is 20.2 Å². The Hall–Kier alpha value is -2.28. The fourth-order valence-corrected chi connectivity index (χ4v) is 1.17. The number of hydrogen-bond acceptors (Lipinski definition) is 4. The number of aromatic nitrogens is 4. The van der Waals surface area contributed by atoms with E-state index in [1.165, 1.54) is 0 Å². The third-order valence-corrected chi connectivity index (χ3v) is 1.87. The second kappa shape index (κ2) is 4.49. The molecule has 0 aliphatic carbocycles. The van der Waals surface area contributed by atoms with Gasteiger partial charge in [-0.2, -0.15) is 5.10 Å². The molecule has 4 nitrogen and oxygen atoms in total. The van der Waals surface area contributed by atoms with Gasteiger partial charge < -0.3 is 0 Å². The summed E-state index contributed by atoms with van der Waals surface area (Å²) in [4.78, 5) is 8.40. The molecule has 2 aromatic heterocycles. The van der Waals surface area contributed by atoms with E-state index >= 15 is 0 Å². The highest BCUT2D eigenvalue weighted by Crippen LogP contribution is 1.96. The molecule has 0 spiro atoms. The van der Waals surface area contributed by atoms with Crippen molar-refractivity contribution in [1.29, 1.82) is 0 Å². The zero-order chi connectivity index (χ0) is 11.4. The molecule has 0 N–H and O–H groups in total. The third-order valence-electron chi connectivity index (χ3n) is 1.87. The Morgan fingerprint density at radius 2 is 1.88 bits per heavy atom. The average molecular weight is 210 g/mol. The van der Waals surface area contributed by atoms with Crippen molar-refractivity contribution in [3.05, 3.63) is 47.3 Å². The minimum absolute atomic E-state index is 0.420. The summed E-state index contributed by atoms with van der Waals surface area (Å²) in [6, 6.07) is 5.70. The van der Waals surface area contributed by atoms with E-state index in [4.69, 9.17) is 0 Å². The molecule has 0 aliphatic heterocycles. The predicted octanol–water partition coefficient (Wildman–Crippen LogP) is 1.28. The van der Waals surface area contributed by atoms with E-state index in [1.54, 1.807) is 6.20 Å². The molecule has 78 valence electrons. The molecule has 0 bridgehead atoms. The van der Waals surface area contributed by atoms with E-state index in [2.05, 4.69) is 32.0 Å². The van der Waals surface area contributed by atoms with Crippen LogP contribution in [0.15, 0.2) is 24.4 Å². The van der Waals surface area contributed by atoms with Gasteiger partial charge in [0.1, 0.15) is 5.69 Å². The molecule has 16 heavy (non-hydrogen) atoms. The molecule has 0 saturated heterocycles. The second-order valence-electron chi connectivity index (χ2n) is 3.34. The first-order valence-corrected chi connectivity index (χ1v) is 4.86. The molecule has 0 aliphatic rings. The molecule has 0 unspecified atom stereocenters. The fourth-order valence-electron chi connectivity index (χ4n) is 1.17. The van der Waals surface area contributed by atoms with E-state index in [0.29, 0.717) is 11.5 Å². The number of aryl methyl sites for hydroxylation is 2. The number of rotatable bonds is 0. The molecule has 2 heterocycles. The van der Waals surface area contributed by atoms with Crippen LogP contribution in [0.5, 0.6) is 0 Å². The summed E-state index contributed by atoms with van der Waals surface area (Å²) in [5, 5.41) is 7.59. The maximum absolute atomic E-state index is 4.26. The summed E-state index contributed by atoms with van der Waals surface area (Å²) in [5.74, 6) is 6.15. The summed E-state index contributed by atoms with van der Waals surface area (Å²) in [6.45, 7) is 3.78. The van der Waals surface area contributed by atoms with Crippen molar-refractivity contribution >= 4 is 0 Å². The standard InChI is InChI=1S/C12H10N4/c1-9-4-3-5-11(14-9)6-7-12-15-10(2)8-13-16-12/h3-5,8H,1-2H3. The van der Waals surface area contributed by atoms with Gasteiger partial charge in [-0.1, -0.05) is 6.07 Å². The van der Waals surface area contributed by atoms with E-state index in [9.17, 15) is 0 Å². The van der Waals surface area contributed by atoms with Crippen molar-refractivity contribution in [2.75, 3.05) is 0 Å². The van der Waals surface area contributed by atoms with Crippen LogP contribution in [-0.4, -0.2) is 20.2 Å². The highest BCUT2D eigenvalue weighted by Gasteiger charge is 1.92. The van der Waals surface area contributed by atoms with Crippen molar-refractivity contribution in [2.24, 2.45) is 0 Å². The highest BCUT2D eigenvalue weighted by molar-refractivity contribution is 5.33. The summed E-state index contributed by atoms with van der Waals surface area (Å²) in [7, 11) is 0. The van der Waals surface area contributed by atoms with Crippen molar-refractivity contribution < 1.29 is 0 Å². The Morgan fingerprint density at radius 3 is 2.62 bits per heavy atom. The fraction of sp³-hybridized carbons (Fsp3) is 0.167. The monoisotopic (exact) mass is 210 g/mol. The Labute approximate surface area is 93.8 Å². The lowest BCUT2D eigenvalue weighted by molar-refractivity contribution is 0.918. The topological polar surface area (TPSA) is 51.6 Å². The van der Waals surface area contributed by atoms with Gasteiger partial charge in [-0.25, -0.2) is 9.97 Å². The molecule has 0 fully saturated rings. The molecule has 0 radical (unpaired) electrons. The van der Waals surface area contributed by atoms with Crippen LogP contribution in [0.25, 0.3) is 0 Å². The van der Waals surface area contributed by atoms with Gasteiger partial charge in [0, 0.05) is 5.69 Å². The van der Waals surface area contributed by atoms with Crippen LogP contribution in [0.2, 0.25) is 0 Å². The van der Waals surface area contributed by atoms with Gasteiger partial charge >= 0.3 is 0 Å². The van der Waals surface area contributed by atoms with Gasteiger partial charge in [-0.05, 0) is 37.8 Å². The van der Waals surface area contributed by atoms with E-state index < -0.39 is 0 Å². The molecule has 2 aromatic rings. The number of hydrogen-bond donors (Lipinski definition) is 0. The second-order valence-corrected chi connectivity index (χ2v) is 3.34. The molecule has 0 atom stereocenters. The first-order chi connectivity index (χ1) is 7.74. The van der Waals surface area contributed by atoms with Crippen molar-refractivity contribution in [2.45, 2.75) is 13.8 Å². The number of nitrogens with zero attached hydrogens (tertiary/aromatic N) is 4. The molecule has 0 saturated carbocycles. The summed E-state index contributed by atoms with van der Waals surface area (Å²) >= 11 is 0. The maximum atomic E-state index is 4.26. The van der Waals surface area contributed by atoms with Crippen molar-refractivity contribution in [3.63, 3.8) is 0 Å². The van der Waals surface area contributed by atoms with E-state index in [1.807, 2.05) is 32.0 Å². The van der Waals surface area contributed by atoms with E-state index in [-0.39, 0.29) is 0 Å². The van der Waals surface area contributed by atoms with Gasteiger partial charge in [0.05, 0.1) is 11.9 Å². The predicted molar refractivity (Wildman–Crippen MR) is 59.5 cm³/mol. The Kier molecular flexibility index (Phi) is 2.88. The van der Waals surface area contributed by atoms with Crippen LogP contribution in [0.3, 0.4) is 0 Å². The maximum Gasteiger partial charge on any atom is 0.226 e. The molecular formula is C12H10N4. The molecule has 4 heteroatoms. The van der Waals surface area contributed by atoms with Crippen LogP contribution in [-0.2, 0) is 0 Å². The van der Waals surface area contributed by atoms with E-state index in [0.717, 1.165) is 11.4 Å². The first-order valence-electron chi connectivity index (χ1n) is 4.86. The molecule has 2 rings (SSSR count). The summed E-state index contributed by atoms with van der Waals surface area (Å²) in [6.07, 6.45) is 1.59. The minimum atomic E-state index is 0.420. The molecule has 0 amide bonds.